The predicted octanol–water partition coefficient (Wildman–Crippen LogP) is 3.71. The zero-order valence-corrected chi connectivity index (χ0v) is 16.4. The summed E-state index contributed by atoms with van der Waals surface area (Å²) in [4.78, 5) is 18.0. The molecule has 5 nitrogen and oxygen atoms in total. The number of likely N-dealkylation sites (tertiary alicyclic amines) is 1. The molecule has 0 radical (unpaired) electrons. The number of hydrogen-bond acceptors (Lipinski definition) is 4. The van der Waals surface area contributed by atoms with E-state index in [2.05, 4.69) is 47.9 Å². The summed E-state index contributed by atoms with van der Waals surface area (Å²) >= 11 is 1.84. The third-order valence-electron chi connectivity index (χ3n) is 4.80. The Morgan fingerprint density at radius 2 is 1.92 bits per heavy atom. The number of thiophene rings is 1. The minimum Gasteiger partial charge on any atom is -0.412 e. The number of fused-ring (bicyclic) bond motifs is 1. The molecule has 0 bridgehead atoms. The predicted molar refractivity (Wildman–Crippen MR) is 107 cm³/mol. The average Bonchev–Trinajstić information content (AvgIpc) is 3.09. The van der Waals surface area contributed by atoms with Crippen LogP contribution in [0.2, 0.25) is 0 Å². The largest absolute Gasteiger partial charge is 0.412 e. The normalized spacial score (nSPS) is 15.8. The summed E-state index contributed by atoms with van der Waals surface area (Å²) in [7, 11) is 2.18. The van der Waals surface area contributed by atoms with E-state index in [9.17, 15) is 0 Å². The van der Waals surface area contributed by atoms with Crippen molar-refractivity contribution in [1.29, 1.82) is 0 Å². The van der Waals surface area contributed by atoms with Crippen LogP contribution in [-0.4, -0.2) is 45.5 Å². The van der Waals surface area contributed by atoms with Crippen LogP contribution in [0.4, 0.5) is 0 Å². The first-order valence-electron chi connectivity index (χ1n) is 8.22. The molecule has 3 N–H and O–H groups in total. The van der Waals surface area contributed by atoms with Crippen molar-refractivity contribution in [3.8, 4) is 11.3 Å². The Morgan fingerprint density at radius 3 is 2.56 bits per heavy atom. The smallest absolute Gasteiger partial charge is 0.132 e. The summed E-state index contributed by atoms with van der Waals surface area (Å²) in [5, 5.41) is 0. The van der Waals surface area contributed by atoms with E-state index in [-0.39, 0.29) is 17.9 Å². The van der Waals surface area contributed by atoms with Gasteiger partial charge in [-0.1, -0.05) is 0 Å². The van der Waals surface area contributed by atoms with Gasteiger partial charge in [-0.05, 0) is 59.0 Å². The van der Waals surface area contributed by atoms with Gasteiger partial charge < -0.3 is 15.4 Å². The van der Waals surface area contributed by atoms with Crippen LogP contribution in [0, 0.1) is 13.8 Å². The molecule has 3 aromatic rings. The highest BCUT2D eigenvalue weighted by molar-refractivity contribution is 7.12. The van der Waals surface area contributed by atoms with Gasteiger partial charge in [-0.3, -0.25) is 0 Å². The van der Waals surface area contributed by atoms with E-state index in [4.69, 9.17) is 4.98 Å². The van der Waals surface area contributed by atoms with Crippen LogP contribution in [0.5, 0.6) is 0 Å². The molecule has 1 saturated heterocycles. The fourth-order valence-corrected chi connectivity index (χ4v) is 4.38. The molecule has 1 aliphatic rings. The van der Waals surface area contributed by atoms with E-state index >= 15 is 0 Å². The highest BCUT2D eigenvalue weighted by Crippen LogP contribution is 2.32. The highest BCUT2D eigenvalue weighted by Gasteiger charge is 2.21. The van der Waals surface area contributed by atoms with E-state index in [0.717, 1.165) is 48.5 Å². The molecule has 0 amide bonds. The van der Waals surface area contributed by atoms with E-state index in [1.165, 1.54) is 15.3 Å². The summed E-state index contributed by atoms with van der Waals surface area (Å²) in [5.74, 6) is 1.51. The maximum Gasteiger partial charge on any atom is 0.132 e. The molecule has 0 aromatic carbocycles. The number of aromatic amines is 1. The lowest BCUT2D eigenvalue weighted by Crippen LogP contribution is -2.29. The molecule has 136 valence electrons. The lowest BCUT2D eigenvalue weighted by Gasteiger charge is -2.27. The average molecular weight is 381 g/mol. The van der Waals surface area contributed by atoms with Crippen LogP contribution in [0.15, 0.2) is 18.3 Å². The number of halogens is 1. The van der Waals surface area contributed by atoms with Gasteiger partial charge >= 0.3 is 0 Å². The van der Waals surface area contributed by atoms with Crippen molar-refractivity contribution in [1.82, 2.24) is 19.9 Å². The lowest BCUT2D eigenvalue weighted by atomic mass is 9.96. The lowest BCUT2D eigenvalue weighted by molar-refractivity contribution is 0.251. The van der Waals surface area contributed by atoms with Crippen LogP contribution in [0.25, 0.3) is 22.3 Å². The minimum absolute atomic E-state index is 0. The van der Waals surface area contributed by atoms with E-state index in [1.54, 1.807) is 0 Å². The van der Waals surface area contributed by atoms with Crippen molar-refractivity contribution in [2.24, 2.45) is 0 Å². The second kappa shape index (κ2) is 7.83. The Bertz CT molecular complexity index is 852. The third kappa shape index (κ3) is 3.87. The summed E-state index contributed by atoms with van der Waals surface area (Å²) in [5.41, 5.74) is 4.50. The van der Waals surface area contributed by atoms with Gasteiger partial charge in [0.1, 0.15) is 5.82 Å². The standard InChI is InChI=1S/C18H22N4S.ClH.H2O/c1-11-8-14(12(2)23-11)15-9-16-17(20-15)10-19-18(21-16)13-4-6-22(3)7-5-13;;/h8-10,13,20H,4-7H2,1-3H3;1H;1H2. The van der Waals surface area contributed by atoms with Gasteiger partial charge in [0.25, 0.3) is 0 Å². The monoisotopic (exact) mass is 380 g/mol. The van der Waals surface area contributed by atoms with Gasteiger partial charge in [0, 0.05) is 26.9 Å². The Morgan fingerprint density at radius 1 is 1.20 bits per heavy atom. The van der Waals surface area contributed by atoms with Crippen LogP contribution in [0.1, 0.15) is 34.3 Å². The van der Waals surface area contributed by atoms with Gasteiger partial charge in [0.05, 0.1) is 17.2 Å². The number of piperidine rings is 1. The number of nitrogens with one attached hydrogen (secondary N) is 1. The SMILES string of the molecule is Cc1cc(-c2cc3nc(C4CCN(C)CC4)ncc3[nH]2)c(C)s1.Cl.O. The van der Waals surface area contributed by atoms with Crippen molar-refractivity contribution in [2.75, 3.05) is 20.1 Å². The summed E-state index contributed by atoms with van der Waals surface area (Å²) in [6.07, 6.45) is 4.26. The molecule has 0 aliphatic carbocycles. The van der Waals surface area contributed by atoms with Crippen molar-refractivity contribution < 1.29 is 5.48 Å². The third-order valence-corrected chi connectivity index (χ3v) is 5.77. The number of hydrogen-bond donors (Lipinski definition) is 1. The molecule has 1 fully saturated rings. The fraction of sp³-hybridized carbons (Fsp3) is 0.444. The maximum absolute atomic E-state index is 4.85. The van der Waals surface area contributed by atoms with E-state index in [1.807, 2.05) is 17.5 Å². The molecule has 25 heavy (non-hydrogen) atoms. The summed E-state index contributed by atoms with van der Waals surface area (Å²) < 4.78 is 0. The van der Waals surface area contributed by atoms with E-state index < -0.39 is 0 Å². The second-order valence-corrected chi connectivity index (χ2v) is 8.08. The van der Waals surface area contributed by atoms with Crippen molar-refractivity contribution >= 4 is 34.8 Å². The fourth-order valence-electron chi connectivity index (χ4n) is 3.44. The minimum atomic E-state index is 0. The topological polar surface area (TPSA) is 76.3 Å². The van der Waals surface area contributed by atoms with Gasteiger partial charge in [-0.15, -0.1) is 23.7 Å². The van der Waals surface area contributed by atoms with Crippen LogP contribution in [0.3, 0.4) is 0 Å². The maximum atomic E-state index is 4.85. The number of aryl methyl sites for hydroxylation is 2. The molecule has 7 heteroatoms. The zero-order valence-electron chi connectivity index (χ0n) is 14.8. The van der Waals surface area contributed by atoms with Gasteiger partial charge in [0.15, 0.2) is 0 Å². The molecule has 0 atom stereocenters. The Balaban J connectivity index is 0.00000113. The molecule has 0 unspecified atom stereocenters. The molecular formula is C18H25ClN4OS. The highest BCUT2D eigenvalue weighted by atomic mass is 35.5. The van der Waals surface area contributed by atoms with Crippen molar-refractivity contribution in [3.63, 3.8) is 0 Å². The first-order valence-corrected chi connectivity index (χ1v) is 9.03. The molecule has 3 aromatic heterocycles. The number of nitrogens with zero attached hydrogens (tertiary/aromatic N) is 3. The van der Waals surface area contributed by atoms with Crippen LogP contribution < -0.4 is 0 Å². The molecule has 4 heterocycles. The van der Waals surface area contributed by atoms with Crippen LogP contribution >= 0.6 is 23.7 Å². The summed E-state index contributed by atoms with van der Waals surface area (Å²) in [6.45, 7) is 6.60. The summed E-state index contributed by atoms with van der Waals surface area (Å²) in [6, 6.07) is 4.42. The van der Waals surface area contributed by atoms with E-state index in [0.29, 0.717) is 5.92 Å². The van der Waals surface area contributed by atoms with Gasteiger partial charge in [-0.2, -0.15) is 0 Å². The number of aromatic nitrogens is 3. The molecule has 0 saturated carbocycles. The van der Waals surface area contributed by atoms with Crippen molar-refractivity contribution in [3.05, 3.63) is 33.9 Å². The molecule has 0 spiro atoms. The second-order valence-electron chi connectivity index (χ2n) is 6.61. The number of rotatable bonds is 2. The van der Waals surface area contributed by atoms with Gasteiger partial charge in [0.2, 0.25) is 0 Å². The van der Waals surface area contributed by atoms with Crippen LogP contribution in [-0.2, 0) is 0 Å². The Kier molecular flexibility index (Phi) is 6.21. The van der Waals surface area contributed by atoms with Gasteiger partial charge in [-0.25, -0.2) is 9.97 Å². The first kappa shape index (κ1) is 19.8. The molecular weight excluding hydrogens is 356 g/mol. The first-order chi connectivity index (χ1) is 11.1. The quantitative estimate of drug-likeness (QED) is 0.736. The number of H-pyrrole nitrogens is 1. The Labute approximate surface area is 158 Å². The zero-order chi connectivity index (χ0) is 16.0. The Hall–Kier alpha value is -1.47. The molecule has 4 rings (SSSR count). The molecule has 1 aliphatic heterocycles. The van der Waals surface area contributed by atoms with Crippen molar-refractivity contribution in [2.45, 2.75) is 32.6 Å².